The summed E-state index contributed by atoms with van der Waals surface area (Å²) < 4.78 is 0. The Morgan fingerprint density at radius 2 is 1.91 bits per heavy atom. The first-order valence-electron chi connectivity index (χ1n) is 3.63. The van der Waals surface area contributed by atoms with E-state index in [0.717, 1.165) is 11.4 Å². The molecule has 0 saturated carbocycles. The zero-order chi connectivity index (χ0) is 8.69. The van der Waals surface area contributed by atoms with Crippen LogP contribution < -0.4 is 10.6 Å². The predicted molar refractivity (Wildman–Crippen MR) is 50.2 cm³/mol. The summed E-state index contributed by atoms with van der Waals surface area (Å²) in [7, 11) is 3.73. The van der Waals surface area contributed by atoms with Crippen molar-refractivity contribution in [2.45, 2.75) is 6.92 Å². The fourth-order valence-electron chi connectivity index (χ4n) is 0.643. The minimum Gasteiger partial charge on any atom is -0.389 e. The lowest BCUT2D eigenvalue weighted by Gasteiger charge is -2.02. The van der Waals surface area contributed by atoms with Crippen LogP contribution in [-0.4, -0.2) is 14.1 Å². The van der Waals surface area contributed by atoms with Gasteiger partial charge in [0.1, 0.15) is 0 Å². The first-order valence-corrected chi connectivity index (χ1v) is 3.63. The van der Waals surface area contributed by atoms with Crippen molar-refractivity contribution in [3.63, 3.8) is 0 Å². The molecule has 0 unspecified atom stereocenters. The molecule has 0 aliphatic heterocycles. The molecule has 0 heterocycles. The molecule has 2 nitrogen and oxygen atoms in total. The van der Waals surface area contributed by atoms with Crippen LogP contribution in [0.2, 0.25) is 0 Å². The molecule has 11 heavy (non-hydrogen) atoms. The predicted octanol–water partition coefficient (Wildman–Crippen LogP) is 1.40. The van der Waals surface area contributed by atoms with Crippen molar-refractivity contribution in [2.75, 3.05) is 14.1 Å². The Morgan fingerprint density at radius 3 is 2.27 bits per heavy atom. The van der Waals surface area contributed by atoms with E-state index in [1.54, 1.807) is 0 Å². The summed E-state index contributed by atoms with van der Waals surface area (Å²) >= 11 is 0. The van der Waals surface area contributed by atoms with Gasteiger partial charge in [-0.15, -0.1) is 0 Å². The zero-order valence-corrected chi connectivity index (χ0v) is 7.44. The Kier molecular flexibility index (Phi) is 4.99. The van der Waals surface area contributed by atoms with E-state index in [1.165, 1.54) is 0 Å². The molecule has 0 aromatic rings. The molecule has 0 radical (unpaired) electrons. The number of hydrogen-bond acceptors (Lipinski definition) is 2. The monoisotopic (exact) mass is 152 g/mol. The van der Waals surface area contributed by atoms with E-state index in [2.05, 4.69) is 17.2 Å². The van der Waals surface area contributed by atoms with Crippen molar-refractivity contribution in [1.29, 1.82) is 0 Å². The molecule has 2 N–H and O–H groups in total. The highest BCUT2D eigenvalue weighted by atomic mass is 14.9. The smallest absolute Gasteiger partial charge is 0.0354 e. The summed E-state index contributed by atoms with van der Waals surface area (Å²) in [4.78, 5) is 0. The van der Waals surface area contributed by atoms with Gasteiger partial charge in [-0.25, -0.2) is 0 Å². The van der Waals surface area contributed by atoms with Crippen molar-refractivity contribution >= 4 is 0 Å². The highest BCUT2D eigenvalue weighted by molar-refractivity contribution is 5.25. The molecule has 0 saturated heterocycles. The average molecular weight is 152 g/mol. The van der Waals surface area contributed by atoms with Crippen LogP contribution in [0.1, 0.15) is 6.92 Å². The third kappa shape index (κ3) is 4.25. The quantitative estimate of drug-likeness (QED) is 0.595. The first-order chi connectivity index (χ1) is 5.24. The van der Waals surface area contributed by atoms with Crippen molar-refractivity contribution in [1.82, 2.24) is 10.6 Å². The normalized spacial score (nSPS) is 11.7. The van der Waals surface area contributed by atoms with Gasteiger partial charge in [0.2, 0.25) is 0 Å². The summed E-state index contributed by atoms with van der Waals surface area (Å²) in [6, 6.07) is 0. The second-order valence-corrected chi connectivity index (χ2v) is 2.12. The highest BCUT2D eigenvalue weighted by Gasteiger charge is 1.86. The Labute approximate surface area is 68.7 Å². The van der Waals surface area contributed by atoms with E-state index in [9.17, 15) is 0 Å². The molecule has 0 aliphatic rings. The maximum absolute atomic E-state index is 3.78. The Bertz CT molecular complexity index is 178. The van der Waals surface area contributed by atoms with Crippen molar-refractivity contribution < 1.29 is 0 Å². The largest absolute Gasteiger partial charge is 0.389 e. The zero-order valence-electron chi connectivity index (χ0n) is 7.44. The third-order valence-electron chi connectivity index (χ3n) is 1.29. The van der Waals surface area contributed by atoms with E-state index in [4.69, 9.17) is 0 Å². The molecule has 0 bridgehead atoms. The Balaban J connectivity index is 4.22. The van der Waals surface area contributed by atoms with Gasteiger partial charge < -0.3 is 10.6 Å². The van der Waals surface area contributed by atoms with Crippen LogP contribution >= 0.6 is 0 Å². The maximum atomic E-state index is 3.78. The summed E-state index contributed by atoms with van der Waals surface area (Å²) in [6.07, 6.45) is 5.91. The Hall–Kier alpha value is -1.18. The Morgan fingerprint density at radius 1 is 1.27 bits per heavy atom. The van der Waals surface area contributed by atoms with Crippen molar-refractivity contribution in [2.24, 2.45) is 0 Å². The van der Waals surface area contributed by atoms with E-state index >= 15 is 0 Å². The van der Waals surface area contributed by atoms with E-state index in [0.29, 0.717) is 0 Å². The third-order valence-corrected chi connectivity index (χ3v) is 1.29. The van der Waals surface area contributed by atoms with Gasteiger partial charge in [-0.2, -0.15) is 0 Å². The second-order valence-electron chi connectivity index (χ2n) is 2.12. The van der Waals surface area contributed by atoms with E-state index < -0.39 is 0 Å². The van der Waals surface area contributed by atoms with Crippen LogP contribution in [0.4, 0.5) is 0 Å². The van der Waals surface area contributed by atoms with Gasteiger partial charge in [0, 0.05) is 25.5 Å². The minimum absolute atomic E-state index is 0.896. The summed E-state index contributed by atoms with van der Waals surface area (Å²) in [5, 5.41) is 5.99. The topological polar surface area (TPSA) is 24.1 Å². The van der Waals surface area contributed by atoms with Gasteiger partial charge in [0.05, 0.1) is 0 Å². The molecule has 2 heteroatoms. The van der Waals surface area contributed by atoms with E-state index in [-0.39, 0.29) is 0 Å². The molecular weight excluding hydrogens is 136 g/mol. The van der Waals surface area contributed by atoms with Gasteiger partial charge in [-0.05, 0) is 19.1 Å². The van der Waals surface area contributed by atoms with Crippen molar-refractivity contribution in [3.8, 4) is 0 Å². The van der Waals surface area contributed by atoms with E-state index in [1.807, 2.05) is 39.2 Å². The van der Waals surface area contributed by atoms with Gasteiger partial charge in [-0.1, -0.05) is 12.7 Å². The first kappa shape index (κ1) is 9.82. The maximum Gasteiger partial charge on any atom is 0.0354 e. The molecule has 0 aliphatic carbocycles. The molecule has 0 rings (SSSR count). The summed E-state index contributed by atoms with van der Waals surface area (Å²) in [6.45, 7) is 5.76. The standard InChI is InChI=1S/C9H16N2/c1-5-6-9(11-4)7-8(2)10-3/h5-7,10-11H,2H2,1,3-4H3/b6-5-,9-7+. The lowest BCUT2D eigenvalue weighted by atomic mass is 10.3. The van der Waals surface area contributed by atoms with Crippen LogP contribution in [0, 0.1) is 0 Å². The molecule has 0 aromatic carbocycles. The lowest BCUT2D eigenvalue weighted by molar-refractivity contribution is 0.991. The fraction of sp³-hybridized carbons (Fsp3) is 0.333. The van der Waals surface area contributed by atoms with Gasteiger partial charge in [-0.3, -0.25) is 0 Å². The molecule has 0 spiro atoms. The minimum atomic E-state index is 0.896. The molecular formula is C9H16N2. The SMILES string of the molecule is C=C(/C=C(\C=C/C)NC)NC. The molecule has 0 amide bonds. The second kappa shape index (κ2) is 5.59. The van der Waals surface area contributed by atoms with Crippen LogP contribution in [-0.2, 0) is 0 Å². The molecule has 0 atom stereocenters. The number of hydrogen-bond donors (Lipinski definition) is 2. The summed E-state index contributed by atoms with van der Waals surface area (Å²) in [5.41, 5.74) is 1.94. The van der Waals surface area contributed by atoms with Gasteiger partial charge in [0.15, 0.2) is 0 Å². The average Bonchev–Trinajstić information content (AvgIpc) is 2.03. The van der Waals surface area contributed by atoms with Gasteiger partial charge in [0.25, 0.3) is 0 Å². The number of allylic oxidation sites excluding steroid dienone is 3. The van der Waals surface area contributed by atoms with Gasteiger partial charge >= 0.3 is 0 Å². The summed E-state index contributed by atoms with van der Waals surface area (Å²) in [5.74, 6) is 0. The molecule has 62 valence electrons. The number of likely N-dealkylation sites (N-methyl/N-ethyl adjacent to an activating group) is 2. The fourth-order valence-corrected chi connectivity index (χ4v) is 0.643. The van der Waals surface area contributed by atoms with Crippen LogP contribution in [0.15, 0.2) is 36.2 Å². The molecule has 0 fully saturated rings. The van der Waals surface area contributed by atoms with Crippen LogP contribution in [0.3, 0.4) is 0 Å². The molecule has 0 aromatic heterocycles. The number of nitrogens with one attached hydrogen (secondary N) is 2. The number of rotatable bonds is 4. The van der Waals surface area contributed by atoms with Crippen molar-refractivity contribution in [3.05, 3.63) is 36.2 Å². The van der Waals surface area contributed by atoms with Crippen LogP contribution in [0.25, 0.3) is 0 Å². The van der Waals surface area contributed by atoms with Crippen LogP contribution in [0.5, 0.6) is 0 Å². The lowest BCUT2D eigenvalue weighted by Crippen LogP contribution is -2.07. The highest BCUT2D eigenvalue weighted by Crippen LogP contribution is 1.95.